The second kappa shape index (κ2) is 6.97. The van der Waals surface area contributed by atoms with Crippen molar-refractivity contribution in [2.45, 2.75) is 12.5 Å². The minimum atomic E-state index is -0.0104. The van der Waals surface area contributed by atoms with Gasteiger partial charge in [-0.05, 0) is 42.8 Å². The van der Waals surface area contributed by atoms with Crippen LogP contribution in [0.5, 0.6) is 5.75 Å². The van der Waals surface area contributed by atoms with Crippen LogP contribution in [0.3, 0.4) is 0 Å². The Kier molecular flexibility index (Phi) is 4.57. The van der Waals surface area contributed by atoms with Gasteiger partial charge in [-0.1, -0.05) is 42.5 Å². The fourth-order valence-corrected chi connectivity index (χ4v) is 2.68. The Labute approximate surface area is 136 Å². The average Bonchev–Trinajstić information content (AvgIpc) is 2.64. The highest BCUT2D eigenvalue weighted by atomic mass is 16.5. The maximum absolute atomic E-state index is 13.1. The van der Waals surface area contributed by atoms with Gasteiger partial charge in [0.1, 0.15) is 5.75 Å². The molecule has 1 amide bonds. The molecule has 3 heteroatoms. The summed E-state index contributed by atoms with van der Waals surface area (Å²) in [6.07, 6.45) is 8.96. The van der Waals surface area contributed by atoms with Crippen LogP contribution in [0, 0.1) is 0 Å². The predicted octanol–water partition coefficient (Wildman–Crippen LogP) is 4.23. The molecule has 0 heterocycles. The van der Waals surface area contributed by atoms with Gasteiger partial charge in [-0.3, -0.25) is 4.79 Å². The molecule has 0 aromatic heterocycles. The molecule has 0 aliphatic heterocycles. The van der Waals surface area contributed by atoms with E-state index in [4.69, 9.17) is 4.74 Å². The second-order valence-electron chi connectivity index (χ2n) is 5.36. The van der Waals surface area contributed by atoms with Gasteiger partial charge < -0.3 is 9.64 Å². The number of allylic oxidation sites excluding steroid dienone is 2. The number of amides is 1. The maximum Gasteiger partial charge on any atom is 0.258 e. The third kappa shape index (κ3) is 3.34. The van der Waals surface area contributed by atoms with E-state index < -0.39 is 0 Å². The van der Waals surface area contributed by atoms with Crippen LogP contribution in [0.1, 0.15) is 16.8 Å². The summed E-state index contributed by atoms with van der Waals surface area (Å²) in [5, 5.41) is 0. The summed E-state index contributed by atoms with van der Waals surface area (Å²) in [4.78, 5) is 14.9. The molecular weight excluding hydrogens is 286 g/mol. The molecule has 0 N–H and O–H groups in total. The van der Waals surface area contributed by atoms with Gasteiger partial charge in [-0.25, -0.2) is 0 Å². The number of carbonyl (C=O) groups excluding carboxylic acids is 1. The Morgan fingerprint density at radius 1 is 1.04 bits per heavy atom. The highest BCUT2D eigenvalue weighted by molar-refractivity contribution is 6.06. The van der Waals surface area contributed by atoms with E-state index in [-0.39, 0.29) is 11.9 Å². The van der Waals surface area contributed by atoms with Gasteiger partial charge in [0.15, 0.2) is 0 Å². The van der Waals surface area contributed by atoms with E-state index in [9.17, 15) is 4.79 Å². The van der Waals surface area contributed by atoms with Crippen molar-refractivity contribution in [2.75, 3.05) is 12.0 Å². The maximum atomic E-state index is 13.1. The molecule has 0 spiro atoms. The molecule has 116 valence electrons. The van der Waals surface area contributed by atoms with Crippen molar-refractivity contribution in [1.82, 2.24) is 0 Å². The summed E-state index contributed by atoms with van der Waals surface area (Å²) in [5.74, 6) is 0.733. The molecule has 3 nitrogen and oxygen atoms in total. The van der Waals surface area contributed by atoms with Crippen molar-refractivity contribution in [1.29, 1.82) is 0 Å². The van der Waals surface area contributed by atoms with Gasteiger partial charge in [0.05, 0.1) is 13.2 Å². The summed E-state index contributed by atoms with van der Waals surface area (Å²) in [7, 11) is 1.62. The van der Waals surface area contributed by atoms with Gasteiger partial charge >= 0.3 is 0 Å². The first-order valence-corrected chi connectivity index (χ1v) is 7.65. The van der Waals surface area contributed by atoms with Gasteiger partial charge in [-0.2, -0.15) is 0 Å². The number of hydrogen-bond acceptors (Lipinski definition) is 2. The van der Waals surface area contributed by atoms with E-state index in [1.54, 1.807) is 19.2 Å². The van der Waals surface area contributed by atoms with Gasteiger partial charge in [0.2, 0.25) is 0 Å². The van der Waals surface area contributed by atoms with Crippen LogP contribution in [-0.2, 0) is 0 Å². The third-order valence-electron chi connectivity index (χ3n) is 3.88. The van der Waals surface area contributed by atoms with E-state index in [0.29, 0.717) is 5.56 Å². The molecule has 1 unspecified atom stereocenters. The van der Waals surface area contributed by atoms with Crippen molar-refractivity contribution < 1.29 is 9.53 Å². The first kappa shape index (κ1) is 15.1. The average molecular weight is 305 g/mol. The van der Waals surface area contributed by atoms with E-state index in [1.807, 2.05) is 59.5 Å². The molecule has 0 bridgehead atoms. The first-order chi connectivity index (χ1) is 11.3. The van der Waals surface area contributed by atoms with Crippen molar-refractivity contribution in [3.63, 3.8) is 0 Å². The van der Waals surface area contributed by atoms with Crippen molar-refractivity contribution in [2.24, 2.45) is 0 Å². The van der Waals surface area contributed by atoms with Crippen LogP contribution in [0.4, 0.5) is 5.69 Å². The number of benzene rings is 2. The minimum Gasteiger partial charge on any atom is -0.497 e. The molecule has 0 fully saturated rings. The summed E-state index contributed by atoms with van der Waals surface area (Å²) < 4.78 is 5.17. The van der Waals surface area contributed by atoms with E-state index >= 15 is 0 Å². The lowest BCUT2D eigenvalue weighted by molar-refractivity contribution is 0.0981. The molecule has 1 aliphatic carbocycles. The number of methoxy groups -OCH3 is 1. The number of anilines is 1. The Morgan fingerprint density at radius 2 is 1.78 bits per heavy atom. The van der Waals surface area contributed by atoms with Crippen LogP contribution in [-0.4, -0.2) is 19.1 Å². The highest BCUT2D eigenvalue weighted by Gasteiger charge is 2.24. The summed E-state index contributed by atoms with van der Waals surface area (Å²) in [6.45, 7) is 0. The summed E-state index contributed by atoms with van der Waals surface area (Å²) in [6, 6.07) is 17.0. The van der Waals surface area contributed by atoms with Crippen LogP contribution < -0.4 is 9.64 Å². The number of ether oxygens (including phenoxy) is 1. The predicted molar refractivity (Wildman–Crippen MR) is 92.9 cm³/mol. The number of carbonyl (C=O) groups is 1. The largest absolute Gasteiger partial charge is 0.497 e. The second-order valence-corrected chi connectivity index (χ2v) is 5.36. The normalized spacial score (nSPS) is 16.1. The Morgan fingerprint density at radius 3 is 2.39 bits per heavy atom. The molecule has 0 saturated heterocycles. The van der Waals surface area contributed by atoms with E-state index in [0.717, 1.165) is 17.9 Å². The zero-order valence-corrected chi connectivity index (χ0v) is 13.1. The molecule has 3 rings (SSSR count). The highest BCUT2D eigenvalue weighted by Crippen LogP contribution is 2.24. The summed E-state index contributed by atoms with van der Waals surface area (Å²) >= 11 is 0. The van der Waals surface area contributed by atoms with Gasteiger partial charge in [0, 0.05) is 11.3 Å². The topological polar surface area (TPSA) is 29.5 Å². The third-order valence-corrected chi connectivity index (χ3v) is 3.88. The number of hydrogen-bond donors (Lipinski definition) is 0. The van der Waals surface area contributed by atoms with Gasteiger partial charge in [-0.15, -0.1) is 0 Å². The number of rotatable bonds is 4. The van der Waals surface area contributed by atoms with Crippen LogP contribution in [0.2, 0.25) is 0 Å². The molecule has 2 aromatic carbocycles. The fraction of sp³-hybridized carbons (Fsp3) is 0.150. The zero-order valence-electron chi connectivity index (χ0n) is 13.1. The molecule has 23 heavy (non-hydrogen) atoms. The first-order valence-electron chi connectivity index (χ1n) is 7.65. The molecule has 0 saturated carbocycles. The monoisotopic (exact) mass is 305 g/mol. The zero-order chi connectivity index (χ0) is 16.1. The van der Waals surface area contributed by atoms with E-state index in [1.165, 1.54) is 0 Å². The minimum absolute atomic E-state index is 0.0104. The van der Waals surface area contributed by atoms with Crippen molar-refractivity contribution >= 4 is 11.6 Å². The van der Waals surface area contributed by atoms with Crippen LogP contribution in [0.25, 0.3) is 0 Å². The quantitative estimate of drug-likeness (QED) is 0.846. The lowest BCUT2D eigenvalue weighted by Gasteiger charge is -2.30. The SMILES string of the molecule is COc1ccc(C(=O)N(c2ccccc2)C2C=CC=CC2)cc1. The number of para-hydroxylation sites is 1. The lowest BCUT2D eigenvalue weighted by Crippen LogP contribution is -2.39. The van der Waals surface area contributed by atoms with Crippen LogP contribution in [0.15, 0.2) is 78.9 Å². The fourth-order valence-electron chi connectivity index (χ4n) is 2.68. The lowest BCUT2D eigenvalue weighted by atomic mass is 10.0. The van der Waals surface area contributed by atoms with Crippen molar-refractivity contribution in [3.05, 3.63) is 84.5 Å². The van der Waals surface area contributed by atoms with Crippen molar-refractivity contribution in [3.8, 4) is 5.75 Å². The van der Waals surface area contributed by atoms with E-state index in [2.05, 4.69) is 12.2 Å². The molecule has 1 atom stereocenters. The standard InChI is InChI=1S/C20H19NO2/c1-23-19-14-12-16(13-15-19)20(22)21(17-8-4-2-5-9-17)18-10-6-3-7-11-18/h2-10,12-15,18H,11H2,1H3. The smallest absolute Gasteiger partial charge is 0.258 e. The number of nitrogens with zero attached hydrogens (tertiary/aromatic N) is 1. The molecule has 0 radical (unpaired) electrons. The van der Waals surface area contributed by atoms with Gasteiger partial charge in [0.25, 0.3) is 5.91 Å². The van der Waals surface area contributed by atoms with Crippen LogP contribution >= 0.6 is 0 Å². The Hall–Kier alpha value is -2.81. The Bertz CT molecular complexity index is 717. The molecule has 2 aromatic rings. The summed E-state index contributed by atoms with van der Waals surface area (Å²) in [5.41, 5.74) is 1.55. The Balaban J connectivity index is 1.95. The molecule has 1 aliphatic rings. The molecular formula is C20H19NO2.